The van der Waals surface area contributed by atoms with E-state index in [1.54, 1.807) is 0 Å². The number of rotatable bonds is 7. The molecule has 7 rings (SSSR count). The number of aliphatic carboxylic acids is 2. The Morgan fingerprint density at radius 1 is 0.750 bits per heavy atom. The van der Waals surface area contributed by atoms with Crippen LogP contribution in [0.15, 0.2) is 11.6 Å². The lowest BCUT2D eigenvalue weighted by Crippen LogP contribution is -2.67. The molecule has 5 aliphatic carbocycles. The Bertz CT molecular complexity index is 1560. The highest BCUT2D eigenvalue weighted by Gasteiger charge is 2.70. The van der Waals surface area contributed by atoms with Crippen molar-refractivity contribution < 1.29 is 69.4 Å². The molecule has 8 N–H and O–H groups in total. The van der Waals surface area contributed by atoms with Crippen LogP contribution in [0.1, 0.15) is 113 Å². The minimum absolute atomic E-state index is 0.0171. The van der Waals surface area contributed by atoms with Crippen molar-refractivity contribution >= 4 is 11.9 Å². The predicted octanol–water partition coefficient (Wildman–Crippen LogP) is 2.97. The largest absolute Gasteiger partial charge is 0.481 e. The number of carbonyl (C=O) groups is 2. The van der Waals surface area contributed by atoms with Crippen LogP contribution in [0, 0.1) is 50.2 Å². The number of aliphatic hydroxyl groups excluding tert-OH is 6. The van der Waals surface area contributed by atoms with Crippen LogP contribution in [0.2, 0.25) is 0 Å². The molecule has 4 saturated carbocycles. The lowest BCUT2D eigenvalue weighted by atomic mass is 9.33. The number of ether oxygens (including phenoxy) is 4. The van der Waals surface area contributed by atoms with E-state index in [0.717, 1.165) is 44.9 Å². The zero-order chi connectivity index (χ0) is 41.1. The van der Waals surface area contributed by atoms with E-state index in [2.05, 4.69) is 54.5 Å². The van der Waals surface area contributed by atoms with Gasteiger partial charge in [0, 0.05) is 0 Å². The van der Waals surface area contributed by atoms with Crippen LogP contribution < -0.4 is 0 Å². The zero-order valence-corrected chi connectivity index (χ0v) is 34.0. The molecule has 6 fully saturated rings. The van der Waals surface area contributed by atoms with E-state index in [4.69, 9.17) is 18.9 Å². The van der Waals surface area contributed by atoms with Gasteiger partial charge in [0.25, 0.3) is 0 Å². The summed E-state index contributed by atoms with van der Waals surface area (Å²) in [6.07, 6.45) is -6.99. The molecule has 0 aromatic heterocycles. The fourth-order valence-corrected chi connectivity index (χ4v) is 13.6. The first kappa shape index (κ1) is 42.4. The molecule has 14 heteroatoms. The van der Waals surface area contributed by atoms with Gasteiger partial charge in [-0.05, 0) is 109 Å². The second kappa shape index (κ2) is 14.2. The highest BCUT2D eigenvalue weighted by atomic mass is 16.8. The average Bonchev–Trinajstić information content (AvgIpc) is 3.12. The van der Waals surface area contributed by atoms with Gasteiger partial charge in [-0.1, -0.05) is 60.1 Å². The normalized spacial score (nSPS) is 52.3. The van der Waals surface area contributed by atoms with Gasteiger partial charge >= 0.3 is 11.9 Å². The van der Waals surface area contributed by atoms with Crippen LogP contribution in [-0.2, 0) is 28.5 Å². The zero-order valence-electron chi connectivity index (χ0n) is 34.0. The topological polar surface area (TPSA) is 233 Å². The number of hydrogen-bond donors (Lipinski definition) is 8. The van der Waals surface area contributed by atoms with Gasteiger partial charge < -0.3 is 59.8 Å². The van der Waals surface area contributed by atoms with Gasteiger partial charge in [-0.2, -0.15) is 0 Å². The predicted molar refractivity (Wildman–Crippen MR) is 198 cm³/mol. The highest BCUT2D eigenvalue weighted by molar-refractivity contribution is 5.76. The summed E-state index contributed by atoms with van der Waals surface area (Å²) in [5.74, 6) is -1.66. The third kappa shape index (κ3) is 6.17. The van der Waals surface area contributed by atoms with Crippen molar-refractivity contribution in [3.05, 3.63) is 11.6 Å². The van der Waals surface area contributed by atoms with Gasteiger partial charge in [0.15, 0.2) is 18.7 Å². The number of aliphatic hydroxyl groups is 6. The van der Waals surface area contributed by atoms with E-state index in [1.165, 1.54) is 5.57 Å². The van der Waals surface area contributed by atoms with Crippen LogP contribution in [0.25, 0.3) is 0 Å². The number of fused-ring (bicyclic) bond motifs is 7. The smallest absolute Gasteiger partial charge is 0.335 e. The summed E-state index contributed by atoms with van der Waals surface area (Å²) in [6.45, 7) is 15.4. The van der Waals surface area contributed by atoms with Crippen LogP contribution in [0.4, 0.5) is 0 Å². The van der Waals surface area contributed by atoms with Gasteiger partial charge in [-0.15, -0.1) is 0 Å². The second-order valence-corrected chi connectivity index (χ2v) is 20.7. The van der Waals surface area contributed by atoms with Crippen LogP contribution >= 0.6 is 0 Å². The average molecular weight is 795 g/mol. The summed E-state index contributed by atoms with van der Waals surface area (Å²) in [5.41, 5.74) is -0.0913. The summed E-state index contributed by atoms with van der Waals surface area (Å²) in [5, 5.41) is 83.8. The molecule has 7 aliphatic rings. The van der Waals surface area contributed by atoms with E-state index in [-0.39, 0.29) is 33.5 Å². The minimum atomic E-state index is -1.94. The van der Waals surface area contributed by atoms with Gasteiger partial charge in [0.1, 0.15) is 42.7 Å². The molecule has 14 nitrogen and oxygen atoms in total. The summed E-state index contributed by atoms with van der Waals surface area (Å²) in [4.78, 5) is 25.2. The minimum Gasteiger partial charge on any atom is -0.481 e. The number of carboxylic acids is 2. The van der Waals surface area contributed by atoms with Crippen molar-refractivity contribution in [2.75, 3.05) is 6.61 Å². The Kier molecular flexibility index (Phi) is 10.8. The summed E-state index contributed by atoms with van der Waals surface area (Å²) < 4.78 is 23.9. The van der Waals surface area contributed by atoms with E-state index < -0.39 is 96.9 Å². The van der Waals surface area contributed by atoms with E-state index in [0.29, 0.717) is 25.2 Å². The molecule has 18 atom stereocenters. The third-order valence-corrected chi connectivity index (χ3v) is 17.2. The standard InChI is InChI=1S/C42H66O14/c1-37(2)14-16-42(36(51)52)17-15-40(6)20(21(42)18-37)8-9-24-39(5)12-11-25(38(3,4)23(39)10-13-41(24,40)7)54-35-32(29(47)28(46)31(55-35)33(49)50)56-34-30(48)27(45)26(44)22(19-43)53-34/h8,21-32,34-35,43-48H,9-19H2,1-7H3,(H,49,50)(H,51,52)/t21-,22+,23+,24+,25-,26+,27-,28-,29-,30+,31-,32+,34-,35+,39-,40+,41+,42-/m0/s1. The SMILES string of the molecule is CC1(C)CC[C@]2(C(=O)O)CC[C@]3(C)C(=CC[C@@H]4[C@@]5(C)CC[C@H](O[C@@H]6O[C@H](C(=O)O)[C@@H](O)[C@H](O)[C@H]6O[C@@H]6O[C@H](CO)[C@@H](O)[C@H](O)[C@H]6O)C(C)(C)[C@H]5CC[C@]43C)[C@@H]2C1. The Morgan fingerprint density at radius 3 is 2.07 bits per heavy atom. The maximum Gasteiger partial charge on any atom is 0.335 e. The lowest BCUT2D eigenvalue weighted by Gasteiger charge is -2.71. The summed E-state index contributed by atoms with van der Waals surface area (Å²) in [7, 11) is 0. The first-order chi connectivity index (χ1) is 26.0. The number of hydrogen-bond acceptors (Lipinski definition) is 12. The Morgan fingerprint density at radius 2 is 1.43 bits per heavy atom. The molecule has 318 valence electrons. The fourth-order valence-electron chi connectivity index (χ4n) is 13.6. The molecule has 0 bridgehead atoms. The van der Waals surface area contributed by atoms with Crippen LogP contribution in [0.3, 0.4) is 0 Å². The lowest BCUT2D eigenvalue weighted by molar-refractivity contribution is -0.374. The van der Waals surface area contributed by atoms with E-state index in [9.17, 15) is 50.4 Å². The van der Waals surface area contributed by atoms with Gasteiger partial charge in [-0.25, -0.2) is 4.79 Å². The quantitative estimate of drug-likeness (QED) is 0.137. The van der Waals surface area contributed by atoms with Crippen molar-refractivity contribution in [1.29, 1.82) is 0 Å². The molecule has 2 heterocycles. The molecule has 0 unspecified atom stereocenters. The molecule has 0 aromatic rings. The van der Waals surface area contributed by atoms with Gasteiger partial charge in [0.05, 0.1) is 18.1 Å². The number of allylic oxidation sites excluding steroid dienone is 2. The first-order valence-corrected chi connectivity index (χ1v) is 20.8. The van der Waals surface area contributed by atoms with Gasteiger partial charge in [-0.3, -0.25) is 4.79 Å². The maximum absolute atomic E-state index is 13.1. The van der Waals surface area contributed by atoms with Crippen molar-refractivity contribution in [3.63, 3.8) is 0 Å². The molecule has 0 amide bonds. The van der Waals surface area contributed by atoms with Gasteiger partial charge in [0.2, 0.25) is 0 Å². The Labute approximate surface area is 329 Å². The summed E-state index contributed by atoms with van der Waals surface area (Å²) in [6, 6.07) is 0. The molecule has 2 aliphatic heterocycles. The number of carboxylic acid groups (broad SMARTS) is 2. The fraction of sp³-hybridized carbons (Fsp3) is 0.905. The van der Waals surface area contributed by atoms with Crippen molar-refractivity contribution in [3.8, 4) is 0 Å². The molecule has 2 saturated heterocycles. The van der Waals surface area contributed by atoms with Crippen molar-refractivity contribution in [2.45, 2.75) is 180 Å². The molecular weight excluding hydrogens is 728 g/mol. The van der Waals surface area contributed by atoms with Crippen LogP contribution in [0.5, 0.6) is 0 Å². The maximum atomic E-state index is 13.1. The van der Waals surface area contributed by atoms with Crippen LogP contribution in [-0.4, -0.2) is 127 Å². The van der Waals surface area contributed by atoms with Crippen molar-refractivity contribution in [2.24, 2.45) is 50.2 Å². The highest BCUT2D eigenvalue weighted by Crippen LogP contribution is 2.76. The molecular formula is C42H66O14. The van der Waals surface area contributed by atoms with Crippen molar-refractivity contribution in [1.82, 2.24) is 0 Å². The third-order valence-electron chi connectivity index (χ3n) is 17.2. The molecule has 56 heavy (non-hydrogen) atoms. The Hall–Kier alpha value is -1.72. The Balaban J connectivity index is 1.16. The van der Waals surface area contributed by atoms with E-state index in [1.807, 2.05) is 0 Å². The first-order valence-electron chi connectivity index (χ1n) is 20.8. The second-order valence-electron chi connectivity index (χ2n) is 20.7. The summed E-state index contributed by atoms with van der Waals surface area (Å²) >= 11 is 0. The molecule has 0 aromatic carbocycles. The molecule has 0 spiro atoms. The van der Waals surface area contributed by atoms with E-state index >= 15 is 0 Å². The monoisotopic (exact) mass is 794 g/mol. The molecule has 0 radical (unpaired) electrons.